The maximum Gasteiger partial charge on any atom is 0.143 e. The van der Waals surface area contributed by atoms with Gasteiger partial charge in [0.1, 0.15) is 11.2 Å². The Labute approximate surface area is 408 Å². The predicted octanol–water partition coefficient (Wildman–Crippen LogP) is 18.2. The summed E-state index contributed by atoms with van der Waals surface area (Å²) in [6.07, 6.45) is 0. The van der Waals surface area contributed by atoms with Crippen LogP contribution in [0.4, 0.5) is 17.1 Å². The Bertz CT molecular complexity index is 4020. The van der Waals surface area contributed by atoms with Crippen LogP contribution in [-0.4, -0.2) is 0 Å². The second-order valence-electron chi connectivity index (χ2n) is 19.5. The van der Waals surface area contributed by atoms with E-state index in [2.05, 4.69) is 261 Å². The lowest BCUT2D eigenvalue weighted by Gasteiger charge is -2.35. The Kier molecular flexibility index (Phi) is 8.88. The third kappa shape index (κ3) is 5.80. The molecular weight excluding hydrogens is 847 g/mol. The first-order chi connectivity index (χ1) is 34.5. The third-order valence-electron chi connectivity index (χ3n) is 15.6. The van der Waals surface area contributed by atoms with Crippen molar-refractivity contribution in [1.29, 1.82) is 0 Å². The van der Waals surface area contributed by atoms with Crippen molar-refractivity contribution in [2.45, 2.75) is 24.7 Å². The molecule has 0 fully saturated rings. The van der Waals surface area contributed by atoms with Crippen LogP contribution in [0.25, 0.3) is 77.2 Å². The van der Waals surface area contributed by atoms with Crippen LogP contribution in [0.3, 0.4) is 0 Å². The zero-order valence-corrected chi connectivity index (χ0v) is 39.0. The number of para-hydroxylation sites is 2. The number of rotatable bonds is 7. The second-order valence-corrected chi connectivity index (χ2v) is 19.5. The highest BCUT2D eigenvalue weighted by Gasteiger charge is 2.48. The van der Waals surface area contributed by atoms with Gasteiger partial charge >= 0.3 is 0 Å². The van der Waals surface area contributed by atoms with Gasteiger partial charge in [0.05, 0.1) is 11.1 Å². The molecule has 0 N–H and O–H groups in total. The molecule has 12 aromatic rings. The summed E-state index contributed by atoms with van der Waals surface area (Å²) >= 11 is 0. The fourth-order valence-electron chi connectivity index (χ4n) is 12.4. The van der Waals surface area contributed by atoms with Gasteiger partial charge in [0.2, 0.25) is 0 Å². The lowest BCUT2D eigenvalue weighted by Crippen LogP contribution is -2.29. The summed E-state index contributed by atoms with van der Waals surface area (Å²) in [6, 6.07) is 92.0. The molecular formula is C68H47NO. The van der Waals surface area contributed by atoms with E-state index in [1.165, 1.54) is 77.5 Å². The first-order valence-electron chi connectivity index (χ1n) is 24.4. The lowest BCUT2D eigenvalue weighted by molar-refractivity contribution is 0.660. The number of anilines is 3. The van der Waals surface area contributed by atoms with Crippen molar-refractivity contribution >= 4 is 49.8 Å². The van der Waals surface area contributed by atoms with Crippen LogP contribution in [0.5, 0.6) is 0 Å². The molecule has 1 heterocycles. The summed E-state index contributed by atoms with van der Waals surface area (Å²) in [5.41, 5.74) is 21.8. The van der Waals surface area contributed by atoms with Gasteiger partial charge in [0.25, 0.3) is 0 Å². The van der Waals surface area contributed by atoms with Crippen molar-refractivity contribution in [3.05, 3.63) is 282 Å². The summed E-state index contributed by atoms with van der Waals surface area (Å²) in [6.45, 7) is 4.75. The van der Waals surface area contributed by atoms with E-state index in [0.29, 0.717) is 0 Å². The van der Waals surface area contributed by atoms with Crippen LogP contribution in [0.1, 0.15) is 47.2 Å². The minimum absolute atomic E-state index is 0.165. The molecule has 0 aliphatic heterocycles. The molecule has 1 aromatic heterocycles. The average Bonchev–Trinajstić information content (AvgIpc) is 4.03. The van der Waals surface area contributed by atoms with Gasteiger partial charge in [-0.1, -0.05) is 226 Å². The summed E-state index contributed by atoms with van der Waals surface area (Å²) < 4.78 is 6.58. The molecule has 0 saturated heterocycles. The van der Waals surface area contributed by atoms with E-state index in [9.17, 15) is 0 Å². The smallest absolute Gasteiger partial charge is 0.143 e. The average molecular weight is 894 g/mol. The fourth-order valence-corrected chi connectivity index (χ4v) is 12.4. The van der Waals surface area contributed by atoms with Gasteiger partial charge in [0.15, 0.2) is 0 Å². The van der Waals surface area contributed by atoms with E-state index in [0.717, 1.165) is 50.1 Å². The number of fused-ring (bicyclic) bond motifs is 10. The molecule has 330 valence electrons. The Morgan fingerprint density at radius 2 is 0.929 bits per heavy atom. The molecule has 14 rings (SSSR count). The van der Waals surface area contributed by atoms with Gasteiger partial charge in [-0.2, -0.15) is 0 Å². The van der Waals surface area contributed by atoms with Gasteiger partial charge in [-0.05, 0) is 114 Å². The van der Waals surface area contributed by atoms with Crippen LogP contribution >= 0.6 is 0 Å². The monoisotopic (exact) mass is 893 g/mol. The number of hydrogen-bond donors (Lipinski definition) is 0. The van der Waals surface area contributed by atoms with Crippen molar-refractivity contribution in [3.8, 4) is 44.5 Å². The second kappa shape index (κ2) is 15.4. The Balaban J connectivity index is 1.02. The van der Waals surface area contributed by atoms with Gasteiger partial charge < -0.3 is 9.32 Å². The van der Waals surface area contributed by atoms with Gasteiger partial charge in [-0.15, -0.1) is 0 Å². The topological polar surface area (TPSA) is 16.4 Å². The molecule has 2 aliphatic rings. The standard InChI is InChI=1S/C68H47NO/c1-67(2)58-27-11-8-22-53(58)54-42-41-50(43-62(54)67)69(49-39-35-45(36-40-49)44-17-4-3-5-18-44)63-31-16-30-61-65(63)57-24-9-12-28-60(57)68(61,59-29-14-20-46-19-6-7-21-51(46)59)48-37-33-47(34-38-48)52-25-15-26-56-55-23-10-13-32-64(55)70-66(52)56/h3-43H,1-2H3. The molecule has 2 aliphatic carbocycles. The Morgan fingerprint density at radius 3 is 1.77 bits per heavy atom. The van der Waals surface area contributed by atoms with Gasteiger partial charge in [0, 0.05) is 38.7 Å². The molecule has 0 bridgehead atoms. The van der Waals surface area contributed by atoms with Crippen molar-refractivity contribution in [2.24, 2.45) is 0 Å². The molecule has 0 spiro atoms. The highest BCUT2D eigenvalue weighted by atomic mass is 16.3. The van der Waals surface area contributed by atoms with Crippen molar-refractivity contribution < 1.29 is 4.42 Å². The highest BCUT2D eigenvalue weighted by molar-refractivity contribution is 6.09. The molecule has 1 unspecified atom stereocenters. The predicted molar refractivity (Wildman–Crippen MR) is 292 cm³/mol. The van der Waals surface area contributed by atoms with E-state index in [1.54, 1.807) is 0 Å². The lowest BCUT2D eigenvalue weighted by atomic mass is 9.66. The Morgan fingerprint density at radius 1 is 0.357 bits per heavy atom. The molecule has 0 saturated carbocycles. The number of nitrogens with zero attached hydrogens (tertiary/aromatic N) is 1. The van der Waals surface area contributed by atoms with E-state index >= 15 is 0 Å². The van der Waals surface area contributed by atoms with E-state index in [1.807, 2.05) is 6.07 Å². The van der Waals surface area contributed by atoms with Gasteiger partial charge in [-0.3, -0.25) is 0 Å². The molecule has 2 nitrogen and oxygen atoms in total. The number of furan rings is 1. The quantitative estimate of drug-likeness (QED) is 0.158. The zero-order chi connectivity index (χ0) is 46.6. The Hall–Kier alpha value is -8.72. The summed E-state index contributed by atoms with van der Waals surface area (Å²) in [5.74, 6) is 0. The summed E-state index contributed by atoms with van der Waals surface area (Å²) in [5, 5.41) is 4.72. The molecule has 0 radical (unpaired) electrons. The third-order valence-corrected chi connectivity index (χ3v) is 15.6. The van der Waals surface area contributed by atoms with Crippen LogP contribution < -0.4 is 4.90 Å². The van der Waals surface area contributed by atoms with E-state index < -0.39 is 5.41 Å². The molecule has 2 heteroatoms. The van der Waals surface area contributed by atoms with Crippen molar-refractivity contribution in [1.82, 2.24) is 0 Å². The molecule has 70 heavy (non-hydrogen) atoms. The molecule has 1 atom stereocenters. The zero-order valence-electron chi connectivity index (χ0n) is 39.0. The molecule has 11 aromatic carbocycles. The normalized spacial score (nSPS) is 15.2. The number of hydrogen-bond acceptors (Lipinski definition) is 2. The maximum atomic E-state index is 6.58. The highest BCUT2D eigenvalue weighted by Crippen LogP contribution is 2.61. The van der Waals surface area contributed by atoms with E-state index in [-0.39, 0.29) is 5.41 Å². The summed E-state index contributed by atoms with van der Waals surface area (Å²) in [7, 11) is 0. The fraction of sp³-hybridized carbons (Fsp3) is 0.0588. The van der Waals surface area contributed by atoms with Crippen LogP contribution in [0.15, 0.2) is 253 Å². The first-order valence-corrected chi connectivity index (χ1v) is 24.4. The maximum absolute atomic E-state index is 6.58. The first kappa shape index (κ1) is 40.4. The minimum Gasteiger partial charge on any atom is -0.455 e. The minimum atomic E-state index is -0.670. The molecule has 0 amide bonds. The van der Waals surface area contributed by atoms with E-state index in [4.69, 9.17) is 4.42 Å². The van der Waals surface area contributed by atoms with Crippen molar-refractivity contribution in [2.75, 3.05) is 4.90 Å². The van der Waals surface area contributed by atoms with Crippen LogP contribution in [0.2, 0.25) is 0 Å². The largest absolute Gasteiger partial charge is 0.455 e. The van der Waals surface area contributed by atoms with Crippen LogP contribution in [-0.2, 0) is 10.8 Å². The SMILES string of the molecule is CC1(C)c2ccccc2-c2ccc(N(c3ccc(-c4ccccc4)cc3)c3cccc4c3-c3ccccc3C4(c3ccc(-c4cccc5c4oc4ccccc45)cc3)c3cccc4ccccc34)cc21. The van der Waals surface area contributed by atoms with Crippen molar-refractivity contribution in [3.63, 3.8) is 0 Å². The number of benzene rings is 11. The summed E-state index contributed by atoms with van der Waals surface area (Å²) in [4.78, 5) is 2.51. The van der Waals surface area contributed by atoms with Gasteiger partial charge in [-0.25, -0.2) is 0 Å². The van der Waals surface area contributed by atoms with Crippen LogP contribution in [0, 0.1) is 0 Å².